The Morgan fingerprint density at radius 2 is 1.46 bits per heavy atom. The molecule has 0 radical (unpaired) electrons. The average Bonchev–Trinajstić information content (AvgIpc) is 2.69. The Bertz CT molecular complexity index is 682. The van der Waals surface area contributed by atoms with Crippen molar-refractivity contribution in [3.05, 3.63) is 65.7 Å². The van der Waals surface area contributed by atoms with Gasteiger partial charge in [0.1, 0.15) is 18.9 Å². The second-order valence-corrected chi connectivity index (χ2v) is 7.96. The van der Waals surface area contributed by atoms with E-state index in [1.165, 1.54) is 43.2 Å². The van der Waals surface area contributed by atoms with Crippen LogP contribution in [0.2, 0.25) is 0 Å². The molecule has 0 aliphatic heterocycles. The molecule has 138 valence electrons. The van der Waals surface area contributed by atoms with Crippen LogP contribution >= 0.6 is 0 Å². The first-order chi connectivity index (χ1) is 12.6. The highest BCUT2D eigenvalue weighted by atomic mass is 16.5. The maximum absolute atomic E-state index is 6.01. The van der Waals surface area contributed by atoms with Gasteiger partial charge in [-0.25, -0.2) is 0 Å². The molecule has 0 amide bonds. The van der Waals surface area contributed by atoms with Crippen molar-refractivity contribution in [1.82, 2.24) is 0 Å². The van der Waals surface area contributed by atoms with Gasteiger partial charge in [0.05, 0.1) is 20.1 Å². The average molecular weight is 351 g/mol. The first-order valence-corrected chi connectivity index (χ1v) is 9.92. The predicted molar refractivity (Wildman–Crippen MR) is 111 cm³/mol. The van der Waals surface area contributed by atoms with Crippen molar-refractivity contribution in [2.45, 2.75) is 38.1 Å². The number of quaternary nitrogens is 1. The number of ether oxygens (including phenoxy) is 1. The van der Waals surface area contributed by atoms with Gasteiger partial charge < -0.3 is 9.22 Å². The van der Waals surface area contributed by atoms with Crippen molar-refractivity contribution < 1.29 is 9.22 Å². The quantitative estimate of drug-likeness (QED) is 0.463. The minimum Gasteiger partial charge on any atom is -0.488 e. The van der Waals surface area contributed by atoms with Gasteiger partial charge in [-0.1, -0.05) is 61.0 Å². The van der Waals surface area contributed by atoms with E-state index < -0.39 is 0 Å². The van der Waals surface area contributed by atoms with E-state index in [4.69, 9.17) is 4.74 Å². The van der Waals surface area contributed by atoms with E-state index in [-0.39, 0.29) is 0 Å². The van der Waals surface area contributed by atoms with Crippen LogP contribution < -0.4 is 4.74 Å². The summed E-state index contributed by atoms with van der Waals surface area (Å²) in [6.07, 6.45) is 11.2. The van der Waals surface area contributed by atoms with E-state index in [1.807, 2.05) is 6.07 Å². The summed E-state index contributed by atoms with van der Waals surface area (Å²) in [5, 5.41) is 0. The topological polar surface area (TPSA) is 9.23 Å². The molecule has 1 aliphatic rings. The van der Waals surface area contributed by atoms with Crippen LogP contribution in [0.5, 0.6) is 5.75 Å². The molecule has 1 aliphatic carbocycles. The van der Waals surface area contributed by atoms with E-state index in [0.717, 1.165) is 29.4 Å². The van der Waals surface area contributed by atoms with E-state index in [1.54, 1.807) is 0 Å². The Kier molecular flexibility index (Phi) is 6.51. The summed E-state index contributed by atoms with van der Waals surface area (Å²) in [7, 11) is 4.72. The molecule has 2 heteroatoms. The van der Waals surface area contributed by atoms with Crippen molar-refractivity contribution in [1.29, 1.82) is 0 Å². The van der Waals surface area contributed by atoms with E-state index in [2.05, 4.69) is 74.8 Å². The van der Waals surface area contributed by atoms with Crippen molar-refractivity contribution in [2.24, 2.45) is 0 Å². The lowest BCUT2D eigenvalue weighted by molar-refractivity contribution is -0.916. The molecule has 0 N–H and O–H groups in total. The standard InChI is InChI=1S/C24H32NO/c1-25(2,23-11-7-4-8-12-23)19-20-26-24-17-15-22(16-18-24)14-13-21-9-5-3-6-10-21/h3,5-6,9-10,13-18,23H,4,7-8,11-12,19-20H2,1-2H3/q+1. The van der Waals surface area contributed by atoms with Crippen LogP contribution in [0.25, 0.3) is 12.2 Å². The van der Waals surface area contributed by atoms with Crippen LogP contribution in [-0.4, -0.2) is 37.8 Å². The lowest BCUT2D eigenvalue weighted by Gasteiger charge is -2.40. The molecule has 2 aromatic rings. The summed E-state index contributed by atoms with van der Waals surface area (Å²) >= 11 is 0. The van der Waals surface area contributed by atoms with Crippen molar-refractivity contribution in [3.8, 4) is 5.75 Å². The fourth-order valence-corrected chi connectivity index (χ4v) is 3.79. The molecule has 1 fully saturated rings. The summed E-state index contributed by atoms with van der Waals surface area (Å²) in [4.78, 5) is 0. The zero-order chi connectivity index (χ0) is 18.2. The second kappa shape index (κ2) is 9.05. The van der Waals surface area contributed by atoms with Crippen LogP contribution in [-0.2, 0) is 0 Å². The Morgan fingerprint density at radius 1 is 0.846 bits per heavy atom. The van der Waals surface area contributed by atoms with Gasteiger partial charge in [-0.05, 0) is 48.9 Å². The summed E-state index contributed by atoms with van der Waals surface area (Å²) in [5.41, 5.74) is 2.41. The summed E-state index contributed by atoms with van der Waals surface area (Å²) < 4.78 is 7.09. The van der Waals surface area contributed by atoms with E-state index in [0.29, 0.717) is 0 Å². The molecule has 0 spiro atoms. The fraction of sp³-hybridized carbons (Fsp3) is 0.417. The Labute approximate surface area is 158 Å². The van der Waals surface area contributed by atoms with E-state index >= 15 is 0 Å². The Hall–Kier alpha value is -2.06. The number of nitrogens with zero attached hydrogens (tertiary/aromatic N) is 1. The van der Waals surface area contributed by atoms with Gasteiger partial charge in [0, 0.05) is 0 Å². The summed E-state index contributed by atoms with van der Waals surface area (Å²) in [5.74, 6) is 0.963. The molecule has 2 nitrogen and oxygen atoms in total. The number of rotatable bonds is 7. The van der Waals surface area contributed by atoms with Crippen LogP contribution in [0.15, 0.2) is 54.6 Å². The zero-order valence-corrected chi connectivity index (χ0v) is 16.2. The molecular weight excluding hydrogens is 318 g/mol. The highest BCUT2D eigenvalue weighted by Crippen LogP contribution is 2.25. The molecule has 0 bridgehead atoms. The van der Waals surface area contributed by atoms with Gasteiger partial charge >= 0.3 is 0 Å². The molecule has 26 heavy (non-hydrogen) atoms. The molecule has 0 unspecified atom stereocenters. The largest absolute Gasteiger partial charge is 0.488 e. The molecule has 0 aromatic heterocycles. The van der Waals surface area contributed by atoms with Crippen LogP contribution in [0.3, 0.4) is 0 Å². The highest BCUT2D eigenvalue weighted by Gasteiger charge is 2.29. The molecule has 0 heterocycles. The maximum atomic E-state index is 6.01. The zero-order valence-electron chi connectivity index (χ0n) is 16.2. The number of likely N-dealkylation sites (N-methyl/N-ethyl adjacent to an activating group) is 1. The molecule has 2 aromatic carbocycles. The third kappa shape index (κ3) is 5.47. The van der Waals surface area contributed by atoms with E-state index in [9.17, 15) is 0 Å². The van der Waals surface area contributed by atoms with Crippen molar-refractivity contribution in [2.75, 3.05) is 27.2 Å². The van der Waals surface area contributed by atoms with Crippen LogP contribution in [0.1, 0.15) is 43.2 Å². The lowest BCUT2D eigenvalue weighted by Crippen LogP contribution is -2.51. The summed E-state index contributed by atoms with van der Waals surface area (Å²) in [6.45, 7) is 1.85. The third-order valence-corrected chi connectivity index (χ3v) is 5.65. The molecular formula is C24H32NO+. The third-order valence-electron chi connectivity index (χ3n) is 5.65. The number of benzene rings is 2. The van der Waals surface area contributed by atoms with Gasteiger partial charge in [0.25, 0.3) is 0 Å². The lowest BCUT2D eigenvalue weighted by atomic mass is 9.93. The molecule has 1 saturated carbocycles. The normalized spacial score (nSPS) is 16.1. The Balaban J connectivity index is 1.47. The smallest absolute Gasteiger partial charge is 0.137 e. The van der Waals surface area contributed by atoms with Gasteiger partial charge in [-0.3, -0.25) is 0 Å². The van der Waals surface area contributed by atoms with Gasteiger partial charge in [-0.2, -0.15) is 0 Å². The second-order valence-electron chi connectivity index (χ2n) is 7.96. The van der Waals surface area contributed by atoms with Gasteiger partial charge in [0.2, 0.25) is 0 Å². The molecule has 0 atom stereocenters. The van der Waals surface area contributed by atoms with Crippen molar-refractivity contribution in [3.63, 3.8) is 0 Å². The van der Waals surface area contributed by atoms with Gasteiger partial charge in [0.15, 0.2) is 0 Å². The maximum Gasteiger partial charge on any atom is 0.137 e. The SMILES string of the molecule is C[N+](C)(CCOc1ccc(C=Cc2ccccc2)cc1)C1CCCCC1. The van der Waals surface area contributed by atoms with Crippen molar-refractivity contribution >= 4 is 12.2 Å². The summed E-state index contributed by atoms with van der Waals surface area (Å²) in [6, 6.07) is 19.6. The molecule has 3 rings (SSSR count). The highest BCUT2D eigenvalue weighted by molar-refractivity contribution is 5.69. The van der Waals surface area contributed by atoms with Crippen LogP contribution in [0.4, 0.5) is 0 Å². The predicted octanol–water partition coefficient (Wildman–Crippen LogP) is 5.64. The van der Waals surface area contributed by atoms with Crippen LogP contribution in [0, 0.1) is 0 Å². The minimum atomic E-state index is 0.780. The van der Waals surface area contributed by atoms with Gasteiger partial charge in [-0.15, -0.1) is 0 Å². The molecule has 0 saturated heterocycles. The number of hydrogen-bond donors (Lipinski definition) is 0. The minimum absolute atomic E-state index is 0.780. The first-order valence-electron chi connectivity index (χ1n) is 9.92. The number of hydrogen-bond acceptors (Lipinski definition) is 1. The monoisotopic (exact) mass is 350 g/mol. The first kappa shape index (κ1) is 18.7. The Morgan fingerprint density at radius 3 is 2.12 bits per heavy atom. The fourth-order valence-electron chi connectivity index (χ4n) is 3.79.